The van der Waals surface area contributed by atoms with Crippen LogP contribution in [0.3, 0.4) is 0 Å². The lowest BCUT2D eigenvalue weighted by Gasteiger charge is -2.16. The maximum atomic E-state index is 13.9. The predicted molar refractivity (Wildman–Crippen MR) is 85.6 cm³/mol. The molecule has 2 aromatic rings. The zero-order valence-corrected chi connectivity index (χ0v) is 13.1. The Balaban J connectivity index is 2.69. The maximum absolute atomic E-state index is 13.9. The lowest BCUT2D eigenvalue weighted by molar-refractivity contribution is 0.172. The molecule has 0 aliphatic heterocycles. The molecule has 0 spiro atoms. The fraction of sp³-hybridized carbons (Fsp3) is 0.278. The third-order valence-corrected chi connectivity index (χ3v) is 3.41. The van der Waals surface area contributed by atoms with Gasteiger partial charge in [0.1, 0.15) is 11.6 Å². The highest BCUT2D eigenvalue weighted by molar-refractivity contribution is 5.93. The second kappa shape index (κ2) is 6.07. The highest BCUT2D eigenvalue weighted by atomic mass is 19.1. The Morgan fingerprint density at radius 1 is 1.32 bits per heavy atom. The first-order chi connectivity index (χ1) is 10.3. The quantitative estimate of drug-likeness (QED) is 0.780. The summed E-state index contributed by atoms with van der Waals surface area (Å²) in [5, 5.41) is 1.45. The Kier molecular flexibility index (Phi) is 4.37. The number of fused-ring (bicyclic) bond motifs is 1. The number of hydrogen-bond donors (Lipinski definition) is 0. The molecule has 0 aliphatic rings. The third kappa shape index (κ3) is 2.89. The van der Waals surface area contributed by atoms with E-state index in [0.29, 0.717) is 11.1 Å². The van der Waals surface area contributed by atoms with Gasteiger partial charge < -0.3 is 9.64 Å². The first-order valence-electron chi connectivity index (χ1n) is 6.97. The molecule has 1 amide bonds. The van der Waals surface area contributed by atoms with Gasteiger partial charge >= 0.3 is 6.09 Å². The zero-order valence-electron chi connectivity index (χ0n) is 13.1. The molecule has 114 valence electrons. The van der Waals surface area contributed by atoms with Gasteiger partial charge in [0, 0.05) is 19.5 Å². The van der Waals surface area contributed by atoms with Crippen molar-refractivity contribution in [1.82, 2.24) is 4.90 Å². The highest BCUT2D eigenvalue weighted by Crippen LogP contribution is 2.33. The van der Waals surface area contributed by atoms with Crippen LogP contribution in [0, 0.1) is 18.2 Å². The standard InChI is InChI=1S/C18H18FNO2/c1-6-14-16(19)8-7-12-9-13(22-18(21)20(4)5)10-15(11(2)3)17(12)14/h1,7-11H,2-5H3. The zero-order chi connectivity index (χ0) is 16.4. The number of halogens is 1. The SMILES string of the molecule is C#Cc1c(F)ccc2cc(OC(=O)N(C)C)cc(C(C)C)c12. The van der Waals surface area contributed by atoms with Crippen LogP contribution in [0.15, 0.2) is 24.3 Å². The van der Waals surface area contributed by atoms with Gasteiger partial charge in [-0.3, -0.25) is 0 Å². The number of hydrogen-bond acceptors (Lipinski definition) is 2. The monoisotopic (exact) mass is 299 g/mol. The number of rotatable bonds is 2. The van der Waals surface area contributed by atoms with Gasteiger partial charge in [-0.1, -0.05) is 25.8 Å². The molecule has 4 heteroatoms. The first-order valence-corrected chi connectivity index (χ1v) is 6.97. The molecule has 0 fully saturated rings. The summed E-state index contributed by atoms with van der Waals surface area (Å²) < 4.78 is 19.3. The van der Waals surface area contributed by atoms with Crippen molar-refractivity contribution in [2.75, 3.05) is 14.1 Å². The Hall–Kier alpha value is -2.54. The third-order valence-electron chi connectivity index (χ3n) is 3.41. The van der Waals surface area contributed by atoms with Crippen LogP contribution in [0.1, 0.15) is 30.9 Å². The smallest absolute Gasteiger partial charge is 0.410 e. The van der Waals surface area contributed by atoms with Gasteiger partial charge in [0.25, 0.3) is 0 Å². The molecule has 0 saturated heterocycles. The van der Waals surface area contributed by atoms with E-state index in [-0.39, 0.29) is 11.5 Å². The molecule has 22 heavy (non-hydrogen) atoms. The fourth-order valence-electron chi connectivity index (χ4n) is 2.29. The summed E-state index contributed by atoms with van der Waals surface area (Å²) in [5.74, 6) is 2.53. The maximum Gasteiger partial charge on any atom is 0.414 e. The molecular weight excluding hydrogens is 281 g/mol. The molecule has 2 rings (SSSR count). The number of ether oxygens (including phenoxy) is 1. The van der Waals surface area contributed by atoms with E-state index in [9.17, 15) is 9.18 Å². The molecule has 0 unspecified atom stereocenters. The number of carbonyl (C=O) groups excluding carboxylic acids is 1. The van der Waals surface area contributed by atoms with Crippen LogP contribution in [0.2, 0.25) is 0 Å². The van der Waals surface area contributed by atoms with E-state index in [1.165, 1.54) is 11.0 Å². The average Bonchev–Trinajstić information content (AvgIpc) is 2.46. The Bertz CT molecular complexity index is 773. The summed E-state index contributed by atoms with van der Waals surface area (Å²) in [5.41, 5.74) is 1.10. The molecule has 0 bridgehead atoms. The molecule has 0 aromatic heterocycles. The minimum atomic E-state index is -0.464. The minimum absolute atomic E-state index is 0.106. The van der Waals surface area contributed by atoms with Gasteiger partial charge in [0.15, 0.2) is 0 Å². The summed E-state index contributed by atoms with van der Waals surface area (Å²) >= 11 is 0. The summed E-state index contributed by atoms with van der Waals surface area (Å²) in [6.07, 6.45) is 5.00. The van der Waals surface area contributed by atoms with Gasteiger partial charge in [-0.25, -0.2) is 9.18 Å². The minimum Gasteiger partial charge on any atom is -0.410 e. The second-order valence-electron chi connectivity index (χ2n) is 5.59. The highest BCUT2D eigenvalue weighted by Gasteiger charge is 2.16. The summed E-state index contributed by atoms with van der Waals surface area (Å²) in [6, 6.07) is 6.42. The van der Waals surface area contributed by atoms with E-state index in [4.69, 9.17) is 11.2 Å². The summed E-state index contributed by atoms with van der Waals surface area (Å²) in [4.78, 5) is 13.1. The number of amides is 1. The lowest BCUT2D eigenvalue weighted by Crippen LogP contribution is -2.25. The fourth-order valence-corrected chi connectivity index (χ4v) is 2.29. The van der Waals surface area contributed by atoms with Gasteiger partial charge in [0.05, 0.1) is 5.56 Å². The molecule has 0 radical (unpaired) electrons. The molecular formula is C18H18FNO2. The van der Waals surface area contributed by atoms with Crippen molar-refractivity contribution in [3.8, 4) is 18.1 Å². The summed E-state index contributed by atoms with van der Waals surface area (Å²) in [6.45, 7) is 3.97. The largest absolute Gasteiger partial charge is 0.414 e. The molecule has 0 N–H and O–H groups in total. The Morgan fingerprint density at radius 3 is 2.55 bits per heavy atom. The molecule has 0 atom stereocenters. The summed E-state index contributed by atoms with van der Waals surface area (Å²) in [7, 11) is 3.22. The first kappa shape index (κ1) is 15.8. The Morgan fingerprint density at radius 2 is 2.00 bits per heavy atom. The van der Waals surface area contributed by atoms with E-state index in [0.717, 1.165) is 10.9 Å². The van der Waals surface area contributed by atoms with Crippen molar-refractivity contribution < 1.29 is 13.9 Å². The number of carbonyl (C=O) groups is 1. The van der Waals surface area contributed by atoms with Crippen molar-refractivity contribution in [2.24, 2.45) is 0 Å². The molecule has 3 nitrogen and oxygen atoms in total. The van der Waals surface area contributed by atoms with Gasteiger partial charge in [-0.05, 0) is 35.1 Å². The Labute approximate surface area is 129 Å². The number of terminal acetylenes is 1. The topological polar surface area (TPSA) is 29.5 Å². The number of nitrogens with zero attached hydrogens (tertiary/aromatic N) is 1. The van der Waals surface area contributed by atoms with E-state index in [1.54, 1.807) is 32.3 Å². The van der Waals surface area contributed by atoms with Gasteiger partial charge in [-0.15, -0.1) is 6.42 Å². The van der Waals surface area contributed by atoms with Crippen LogP contribution in [0.5, 0.6) is 5.75 Å². The van der Waals surface area contributed by atoms with Crippen molar-refractivity contribution >= 4 is 16.9 Å². The van der Waals surface area contributed by atoms with Crippen LogP contribution >= 0.6 is 0 Å². The second-order valence-corrected chi connectivity index (χ2v) is 5.59. The van der Waals surface area contributed by atoms with Crippen LogP contribution < -0.4 is 4.74 Å². The molecule has 0 heterocycles. The number of benzene rings is 2. The van der Waals surface area contributed by atoms with Gasteiger partial charge in [0.2, 0.25) is 0 Å². The van der Waals surface area contributed by atoms with E-state index >= 15 is 0 Å². The van der Waals surface area contributed by atoms with Crippen molar-refractivity contribution in [3.05, 3.63) is 41.2 Å². The van der Waals surface area contributed by atoms with E-state index in [1.807, 2.05) is 13.8 Å². The molecule has 0 aliphatic carbocycles. The van der Waals surface area contributed by atoms with E-state index < -0.39 is 11.9 Å². The lowest BCUT2D eigenvalue weighted by atomic mass is 9.92. The predicted octanol–water partition coefficient (Wildman–Crippen LogP) is 4.14. The van der Waals surface area contributed by atoms with Gasteiger partial charge in [-0.2, -0.15) is 0 Å². The van der Waals surface area contributed by atoms with Crippen LogP contribution in [0.4, 0.5) is 9.18 Å². The van der Waals surface area contributed by atoms with Crippen molar-refractivity contribution in [3.63, 3.8) is 0 Å². The van der Waals surface area contributed by atoms with Crippen molar-refractivity contribution in [2.45, 2.75) is 19.8 Å². The molecule has 0 saturated carbocycles. The normalized spacial score (nSPS) is 10.6. The van der Waals surface area contributed by atoms with Crippen LogP contribution in [-0.4, -0.2) is 25.1 Å². The average molecular weight is 299 g/mol. The molecule has 2 aromatic carbocycles. The van der Waals surface area contributed by atoms with E-state index in [2.05, 4.69) is 5.92 Å². The van der Waals surface area contributed by atoms with Crippen molar-refractivity contribution in [1.29, 1.82) is 0 Å². The van der Waals surface area contributed by atoms with Crippen LogP contribution in [-0.2, 0) is 0 Å². The van der Waals surface area contributed by atoms with Crippen LogP contribution in [0.25, 0.3) is 10.8 Å².